The molecule has 2 aromatic heterocycles. The number of nitrogens with zero attached hydrogens (tertiary/aromatic N) is 1. The number of amides is 1. The molecule has 0 atom stereocenters. The van der Waals surface area contributed by atoms with E-state index in [4.69, 9.17) is 23.2 Å². The van der Waals surface area contributed by atoms with Crippen LogP contribution in [0.4, 0.5) is 10.1 Å². The Morgan fingerprint density at radius 2 is 1.93 bits per heavy atom. The Balaban J connectivity index is 1.51. The predicted molar refractivity (Wildman–Crippen MR) is 120 cm³/mol. The zero-order valence-corrected chi connectivity index (χ0v) is 17.4. The molecule has 7 heteroatoms. The third-order valence-electron chi connectivity index (χ3n) is 4.82. The van der Waals surface area contributed by atoms with Gasteiger partial charge in [-0.2, -0.15) is 0 Å². The molecule has 0 aliphatic carbocycles. The molecule has 4 rings (SSSR count). The van der Waals surface area contributed by atoms with Crippen LogP contribution in [0.25, 0.3) is 22.3 Å². The molecule has 2 N–H and O–H groups in total. The number of aryl methyl sites for hydroxylation is 1. The molecular formula is C23H18Cl2FN3O. The number of pyridine rings is 1. The number of H-pyrrole nitrogens is 1. The number of carbonyl (C=O) groups excluding carboxylic acids is 1. The van der Waals surface area contributed by atoms with Crippen molar-refractivity contribution < 1.29 is 9.18 Å². The number of fused-ring (bicyclic) bond motifs is 1. The molecule has 4 nitrogen and oxygen atoms in total. The van der Waals surface area contributed by atoms with Crippen LogP contribution in [0.3, 0.4) is 0 Å². The molecule has 0 radical (unpaired) electrons. The van der Waals surface area contributed by atoms with Crippen LogP contribution in [0.1, 0.15) is 18.4 Å². The van der Waals surface area contributed by atoms with Crippen molar-refractivity contribution in [2.24, 2.45) is 0 Å². The van der Waals surface area contributed by atoms with Gasteiger partial charge in [-0.25, -0.2) is 4.39 Å². The first-order valence-electron chi connectivity index (χ1n) is 9.47. The summed E-state index contributed by atoms with van der Waals surface area (Å²) in [7, 11) is 0. The van der Waals surface area contributed by atoms with E-state index >= 15 is 0 Å². The Morgan fingerprint density at radius 3 is 2.70 bits per heavy atom. The molecule has 0 aliphatic rings. The molecule has 0 saturated carbocycles. The monoisotopic (exact) mass is 441 g/mol. The number of hydrogen-bond donors (Lipinski definition) is 2. The maximum atomic E-state index is 13.9. The van der Waals surface area contributed by atoms with Gasteiger partial charge in [0, 0.05) is 29.2 Å². The summed E-state index contributed by atoms with van der Waals surface area (Å²) in [6.07, 6.45) is 3.22. The Hall–Kier alpha value is -2.89. The summed E-state index contributed by atoms with van der Waals surface area (Å²) in [5.74, 6) is -0.425. The van der Waals surface area contributed by atoms with Gasteiger partial charge in [0.15, 0.2) is 0 Å². The minimum Gasteiger partial charge on any atom is -0.353 e. The lowest BCUT2D eigenvalue weighted by Gasteiger charge is -2.07. The lowest BCUT2D eigenvalue weighted by molar-refractivity contribution is -0.116. The van der Waals surface area contributed by atoms with E-state index in [0.29, 0.717) is 35.0 Å². The van der Waals surface area contributed by atoms with E-state index in [1.54, 1.807) is 30.5 Å². The fourth-order valence-electron chi connectivity index (χ4n) is 3.43. The van der Waals surface area contributed by atoms with Crippen LogP contribution in [-0.4, -0.2) is 15.9 Å². The summed E-state index contributed by atoms with van der Waals surface area (Å²) in [6, 6.07) is 15.3. The van der Waals surface area contributed by atoms with Gasteiger partial charge in [0.05, 0.1) is 21.4 Å². The third kappa shape index (κ3) is 4.48. The Morgan fingerprint density at radius 1 is 1.07 bits per heavy atom. The molecule has 0 spiro atoms. The Labute approximate surface area is 183 Å². The van der Waals surface area contributed by atoms with Gasteiger partial charge in [-0.1, -0.05) is 29.3 Å². The largest absolute Gasteiger partial charge is 0.353 e. The number of aromatic nitrogens is 2. The molecule has 4 aromatic rings. The average molecular weight is 442 g/mol. The smallest absolute Gasteiger partial charge is 0.224 e. The van der Waals surface area contributed by atoms with E-state index < -0.39 is 0 Å². The summed E-state index contributed by atoms with van der Waals surface area (Å²) in [5.41, 5.74) is 4.01. The van der Waals surface area contributed by atoms with E-state index in [1.807, 2.05) is 18.2 Å². The highest BCUT2D eigenvalue weighted by molar-refractivity contribution is 6.42. The lowest BCUT2D eigenvalue weighted by Crippen LogP contribution is -2.11. The first-order chi connectivity index (χ1) is 14.5. The SMILES string of the molecule is O=C(CCCc1c(-c2ccccn2)[nH]c2ccc(F)cc12)Nc1ccc(Cl)c(Cl)c1. The fourth-order valence-corrected chi connectivity index (χ4v) is 3.73. The van der Waals surface area contributed by atoms with E-state index in [1.165, 1.54) is 12.1 Å². The van der Waals surface area contributed by atoms with Crippen molar-refractivity contribution in [3.05, 3.63) is 82.2 Å². The molecule has 0 fully saturated rings. The van der Waals surface area contributed by atoms with Crippen LogP contribution < -0.4 is 5.32 Å². The number of anilines is 1. The third-order valence-corrected chi connectivity index (χ3v) is 5.56. The molecule has 1 amide bonds. The first kappa shape index (κ1) is 20.4. The van der Waals surface area contributed by atoms with Crippen molar-refractivity contribution in [1.29, 1.82) is 0 Å². The van der Waals surface area contributed by atoms with Crippen molar-refractivity contribution in [3.8, 4) is 11.4 Å². The molecule has 30 heavy (non-hydrogen) atoms. The minimum absolute atomic E-state index is 0.126. The number of hydrogen-bond acceptors (Lipinski definition) is 2. The Bertz CT molecular complexity index is 1210. The molecular weight excluding hydrogens is 424 g/mol. The zero-order valence-electron chi connectivity index (χ0n) is 15.9. The highest BCUT2D eigenvalue weighted by Crippen LogP contribution is 2.31. The van der Waals surface area contributed by atoms with Crippen LogP contribution in [0.5, 0.6) is 0 Å². The van der Waals surface area contributed by atoms with Crippen molar-refractivity contribution in [2.75, 3.05) is 5.32 Å². The number of nitrogens with one attached hydrogen (secondary N) is 2. The van der Waals surface area contributed by atoms with Crippen molar-refractivity contribution >= 4 is 45.7 Å². The van der Waals surface area contributed by atoms with Crippen LogP contribution in [0.15, 0.2) is 60.8 Å². The molecule has 0 unspecified atom stereocenters. The summed E-state index contributed by atoms with van der Waals surface area (Å²) in [6.45, 7) is 0. The second-order valence-corrected chi connectivity index (χ2v) is 7.73. The molecule has 0 bridgehead atoms. The van der Waals surface area contributed by atoms with Crippen LogP contribution in [-0.2, 0) is 11.2 Å². The second kappa shape index (κ2) is 8.86. The van der Waals surface area contributed by atoms with Gasteiger partial charge in [-0.05, 0) is 66.9 Å². The first-order valence-corrected chi connectivity index (χ1v) is 10.2. The number of carbonyl (C=O) groups is 1. The van der Waals surface area contributed by atoms with Gasteiger partial charge in [-0.3, -0.25) is 9.78 Å². The van der Waals surface area contributed by atoms with Gasteiger partial charge < -0.3 is 10.3 Å². The summed E-state index contributed by atoms with van der Waals surface area (Å²) in [4.78, 5) is 20.1. The second-order valence-electron chi connectivity index (χ2n) is 6.91. The molecule has 152 valence electrons. The lowest BCUT2D eigenvalue weighted by atomic mass is 10.0. The van der Waals surface area contributed by atoms with E-state index in [0.717, 1.165) is 27.9 Å². The van der Waals surface area contributed by atoms with Crippen LogP contribution >= 0.6 is 23.2 Å². The van der Waals surface area contributed by atoms with Crippen molar-refractivity contribution in [1.82, 2.24) is 9.97 Å². The van der Waals surface area contributed by atoms with Gasteiger partial charge >= 0.3 is 0 Å². The van der Waals surface area contributed by atoms with E-state index in [2.05, 4.69) is 15.3 Å². The number of rotatable bonds is 6. The minimum atomic E-state index is -0.298. The molecule has 2 heterocycles. The number of aromatic amines is 1. The van der Waals surface area contributed by atoms with E-state index in [-0.39, 0.29) is 11.7 Å². The fraction of sp³-hybridized carbons (Fsp3) is 0.130. The van der Waals surface area contributed by atoms with Crippen LogP contribution in [0.2, 0.25) is 10.0 Å². The Kier molecular flexibility index (Phi) is 6.02. The summed E-state index contributed by atoms with van der Waals surface area (Å²) < 4.78 is 13.9. The van der Waals surface area contributed by atoms with Gasteiger partial charge in [0.25, 0.3) is 0 Å². The normalized spacial score (nSPS) is 11.0. The van der Waals surface area contributed by atoms with Gasteiger partial charge in [0.1, 0.15) is 5.82 Å². The number of halogens is 3. The standard InChI is InChI=1S/C23H18Cl2FN3O/c24-18-9-8-15(13-19(18)25)28-22(30)6-3-4-16-17-12-14(26)7-10-20(17)29-23(16)21-5-1-2-11-27-21/h1-2,5,7-13,29H,3-4,6H2,(H,28,30). The highest BCUT2D eigenvalue weighted by atomic mass is 35.5. The predicted octanol–water partition coefficient (Wildman–Crippen LogP) is 6.64. The molecule has 0 aliphatic heterocycles. The van der Waals surface area contributed by atoms with Gasteiger partial charge in [-0.15, -0.1) is 0 Å². The van der Waals surface area contributed by atoms with Crippen molar-refractivity contribution in [2.45, 2.75) is 19.3 Å². The maximum absolute atomic E-state index is 13.9. The summed E-state index contributed by atoms with van der Waals surface area (Å²) >= 11 is 11.9. The van der Waals surface area contributed by atoms with Crippen molar-refractivity contribution in [3.63, 3.8) is 0 Å². The molecule has 0 saturated heterocycles. The number of benzene rings is 2. The maximum Gasteiger partial charge on any atom is 0.224 e. The van der Waals surface area contributed by atoms with E-state index in [9.17, 15) is 9.18 Å². The topological polar surface area (TPSA) is 57.8 Å². The highest BCUT2D eigenvalue weighted by Gasteiger charge is 2.15. The summed E-state index contributed by atoms with van der Waals surface area (Å²) in [5, 5.41) is 4.44. The quantitative estimate of drug-likeness (QED) is 0.352. The van der Waals surface area contributed by atoms with Crippen LogP contribution in [0, 0.1) is 5.82 Å². The van der Waals surface area contributed by atoms with Gasteiger partial charge in [0.2, 0.25) is 5.91 Å². The zero-order chi connectivity index (χ0) is 21.1. The molecule has 2 aromatic carbocycles. The average Bonchev–Trinajstić information content (AvgIpc) is 3.09.